The molecule has 5 nitrogen and oxygen atoms in total. The lowest BCUT2D eigenvalue weighted by atomic mass is 10.3. The molecule has 0 saturated heterocycles. The Morgan fingerprint density at radius 2 is 1.60 bits per heavy atom. The molecule has 0 fully saturated rings. The van der Waals surface area contributed by atoms with Crippen LogP contribution >= 0.6 is 13.4 Å². The SMILES string of the molecule is OP(O)(=S)OP(O)(=S)Nc1ccccc1. The molecule has 1 rings (SSSR count). The number of para-hydroxylation sites is 1. The first-order valence-corrected chi connectivity index (χ1v) is 9.01. The molecule has 1 unspecified atom stereocenters. The maximum atomic E-state index is 9.54. The number of hydrogen-bond donors (Lipinski definition) is 4. The molecule has 0 heterocycles. The predicted octanol–water partition coefficient (Wildman–Crippen LogP) is 1.54. The van der Waals surface area contributed by atoms with Gasteiger partial charge in [-0.2, -0.15) is 0 Å². The Balaban J connectivity index is 2.74. The molecule has 4 N–H and O–H groups in total. The van der Waals surface area contributed by atoms with E-state index >= 15 is 0 Å². The van der Waals surface area contributed by atoms with E-state index in [2.05, 4.69) is 33.0 Å². The summed E-state index contributed by atoms with van der Waals surface area (Å²) in [5, 5.41) is 2.48. The highest BCUT2D eigenvalue weighted by Gasteiger charge is 2.22. The first-order chi connectivity index (χ1) is 6.79. The largest absolute Gasteiger partial charge is 0.329 e. The van der Waals surface area contributed by atoms with E-state index in [0.29, 0.717) is 5.69 Å². The Morgan fingerprint density at radius 3 is 2.07 bits per heavy atom. The lowest BCUT2D eigenvalue weighted by molar-refractivity contribution is 0.365. The standard InChI is InChI=1S/C6H9NO4P2S2/c8-12(14,11-13(9,10)15)7-6-4-2-1-3-5-6/h1-5H,(H2,7,8,14)(H2,9,10,15). The van der Waals surface area contributed by atoms with Crippen LogP contribution in [0.1, 0.15) is 0 Å². The highest BCUT2D eigenvalue weighted by atomic mass is 32.5. The predicted molar refractivity (Wildman–Crippen MR) is 66.4 cm³/mol. The van der Waals surface area contributed by atoms with E-state index in [1.165, 1.54) is 0 Å². The molecule has 1 aromatic carbocycles. The first-order valence-electron chi connectivity index (χ1n) is 3.71. The zero-order valence-electron chi connectivity index (χ0n) is 7.35. The van der Waals surface area contributed by atoms with Crippen LogP contribution in [0.4, 0.5) is 5.69 Å². The average molecular weight is 285 g/mol. The van der Waals surface area contributed by atoms with Crippen molar-refractivity contribution < 1.29 is 19.0 Å². The van der Waals surface area contributed by atoms with Gasteiger partial charge < -0.3 is 19.8 Å². The molecule has 0 saturated carbocycles. The Kier molecular flexibility index (Phi) is 4.40. The van der Waals surface area contributed by atoms with Crippen molar-refractivity contribution in [3.63, 3.8) is 0 Å². The van der Waals surface area contributed by atoms with Gasteiger partial charge in [-0.25, -0.2) is 4.31 Å². The molecule has 15 heavy (non-hydrogen) atoms. The minimum atomic E-state index is -3.96. The number of hydrogen-bond acceptors (Lipinski definition) is 3. The van der Waals surface area contributed by atoms with Gasteiger partial charge in [0.25, 0.3) is 6.64 Å². The van der Waals surface area contributed by atoms with E-state index in [9.17, 15) is 4.89 Å². The summed E-state index contributed by atoms with van der Waals surface area (Å²) in [6.45, 7) is -7.47. The Hall–Kier alpha value is 0.160. The second-order valence-electron chi connectivity index (χ2n) is 2.57. The van der Waals surface area contributed by atoms with Crippen molar-refractivity contribution in [3.8, 4) is 0 Å². The second-order valence-corrected chi connectivity index (χ2v) is 8.38. The molecule has 0 aliphatic heterocycles. The van der Waals surface area contributed by atoms with E-state index in [-0.39, 0.29) is 0 Å². The number of benzene rings is 1. The van der Waals surface area contributed by atoms with Crippen molar-refractivity contribution in [1.82, 2.24) is 0 Å². The van der Waals surface area contributed by atoms with E-state index in [1.807, 2.05) is 0 Å². The number of nitrogens with one attached hydrogen (secondary N) is 1. The minimum absolute atomic E-state index is 0.520. The van der Waals surface area contributed by atoms with Crippen LogP contribution in [-0.2, 0) is 27.9 Å². The third kappa shape index (κ3) is 5.70. The van der Waals surface area contributed by atoms with Gasteiger partial charge in [-0.3, -0.25) is 0 Å². The molecule has 0 aromatic heterocycles. The number of anilines is 1. The monoisotopic (exact) mass is 285 g/mol. The molecule has 0 radical (unpaired) electrons. The summed E-state index contributed by atoms with van der Waals surface area (Å²) in [5.74, 6) is 0. The van der Waals surface area contributed by atoms with Crippen molar-refractivity contribution in [3.05, 3.63) is 30.3 Å². The van der Waals surface area contributed by atoms with Crippen LogP contribution in [0.15, 0.2) is 30.3 Å². The quantitative estimate of drug-likeness (QED) is 0.625. The van der Waals surface area contributed by atoms with Crippen LogP contribution in [0, 0.1) is 0 Å². The maximum Gasteiger partial charge on any atom is 0.328 e. The maximum absolute atomic E-state index is 9.54. The zero-order valence-corrected chi connectivity index (χ0v) is 10.8. The van der Waals surface area contributed by atoms with Crippen molar-refractivity contribution in [1.29, 1.82) is 0 Å². The van der Waals surface area contributed by atoms with E-state index in [4.69, 9.17) is 9.79 Å². The van der Waals surface area contributed by atoms with Crippen LogP contribution < -0.4 is 5.09 Å². The third-order valence-electron chi connectivity index (χ3n) is 1.26. The van der Waals surface area contributed by atoms with Crippen LogP contribution in [0.2, 0.25) is 0 Å². The average Bonchev–Trinajstić information content (AvgIpc) is 1.99. The van der Waals surface area contributed by atoms with Gasteiger partial charge in [0.15, 0.2) is 0 Å². The van der Waals surface area contributed by atoms with Crippen LogP contribution in [0.3, 0.4) is 0 Å². The van der Waals surface area contributed by atoms with Gasteiger partial charge in [-0.1, -0.05) is 18.2 Å². The summed E-state index contributed by atoms with van der Waals surface area (Å²) >= 11 is 8.86. The van der Waals surface area contributed by atoms with Crippen LogP contribution in [0.5, 0.6) is 0 Å². The summed E-state index contributed by atoms with van der Waals surface area (Å²) in [6.07, 6.45) is 0. The number of rotatable bonds is 4. The zero-order chi connectivity index (χ0) is 11.5. The van der Waals surface area contributed by atoms with Crippen molar-refractivity contribution >= 4 is 42.7 Å². The van der Waals surface area contributed by atoms with Crippen molar-refractivity contribution in [2.45, 2.75) is 0 Å². The molecule has 1 aromatic rings. The van der Waals surface area contributed by atoms with Gasteiger partial charge in [-0.15, -0.1) is 0 Å². The molecule has 0 aliphatic carbocycles. The highest BCUT2D eigenvalue weighted by molar-refractivity contribution is 8.15. The molecule has 0 amide bonds. The summed E-state index contributed by atoms with van der Waals surface area (Å²) in [6, 6.07) is 8.55. The normalized spacial score (nSPS) is 15.7. The van der Waals surface area contributed by atoms with Gasteiger partial charge >= 0.3 is 6.72 Å². The first kappa shape index (κ1) is 13.2. The molecule has 9 heteroatoms. The highest BCUT2D eigenvalue weighted by Crippen LogP contribution is 2.56. The Bertz CT molecular complexity index is 420. The van der Waals surface area contributed by atoms with E-state index in [0.717, 1.165) is 0 Å². The summed E-state index contributed by atoms with van der Waals surface area (Å²) in [7, 11) is 0. The van der Waals surface area contributed by atoms with Crippen LogP contribution in [-0.4, -0.2) is 14.7 Å². The van der Waals surface area contributed by atoms with Gasteiger partial charge in [-0.05, 0) is 35.7 Å². The molecule has 0 spiro atoms. The fourth-order valence-corrected chi connectivity index (χ4v) is 5.03. The fraction of sp³-hybridized carbons (Fsp3) is 0. The summed E-state index contributed by atoms with van der Waals surface area (Å²) in [4.78, 5) is 27.2. The van der Waals surface area contributed by atoms with E-state index in [1.54, 1.807) is 30.3 Å². The molecule has 1 atom stereocenters. The summed E-state index contributed by atoms with van der Waals surface area (Å²) in [5.41, 5.74) is 0.520. The molecular weight excluding hydrogens is 276 g/mol. The van der Waals surface area contributed by atoms with Crippen molar-refractivity contribution in [2.24, 2.45) is 0 Å². The van der Waals surface area contributed by atoms with Crippen LogP contribution in [0.25, 0.3) is 0 Å². The minimum Gasteiger partial charge on any atom is -0.329 e. The lowest BCUT2D eigenvalue weighted by Gasteiger charge is -2.19. The van der Waals surface area contributed by atoms with Gasteiger partial charge in [0.1, 0.15) is 0 Å². The van der Waals surface area contributed by atoms with Crippen molar-refractivity contribution in [2.75, 3.05) is 5.09 Å². The Labute approximate surface area is 97.2 Å². The third-order valence-corrected chi connectivity index (χ3v) is 5.01. The van der Waals surface area contributed by atoms with Gasteiger partial charge in [0, 0.05) is 5.69 Å². The smallest absolute Gasteiger partial charge is 0.328 e. The van der Waals surface area contributed by atoms with E-state index < -0.39 is 13.4 Å². The molecular formula is C6H9NO4P2S2. The molecule has 84 valence electrons. The summed E-state index contributed by atoms with van der Waals surface area (Å²) < 4.78 is 4.44. The second kappa shape index (κ2) is 4.99. The molecule has 0 bridgehead atoms. The Morgan fingerprint density at radius 1 is 1.07 bits per heavy atom. The van der Waals surface area contributed by atoms with Gasteiger partial charge in [0.05, 0.1) is 0 Å². The van der Waals surface area contributed by atoms with Gasteiger partial charge in [0.2, 0.25) is 0 Å². The topological polar surface area (TPSA) is 82.0 Å². The lowest BCUT2D eigenvalue weighted by Crippen LogP contribution is -1.98. The molecule has 0 aliphatic rings. The fourth-order valence-electron chi connectivity index (χ4n) is 0.840.